The van der Waals surface area contributed by atoms with Crippen molar-refractivity contribution in [3.63, 3.8) is 0 Å². The smallest absolute Gasteiger partial charge is 0.232 e. The molecule has 150 valence electrons. The molecule has 1 aromatic heterocycles. The van der Waals surface area contributed by atoms with Gasteiger partial charge in [0.15, 0.2) is 0 Å². The van der Waals surface area contributed by atoms with E-state index in [4.69, 9.17) is 9.51 Å². The van der Waals surface area contributed by atoms with Crippen LogP contribution in [0.2, 0.25) is 0 Å². The van der Waals surface area contributed by atoms with Gasteiger partial charge in [-0.1, -0.05) is 78.0 Å². The van der Waals surface area contributed by atoms with Gasteiger partial charge in [0.1, 0.15) is 0 Å². The van der Waals surface area contributed by atoms with E-state index >= 15 is 0 Å². The number of nitrogens with zero attached hydrogens (tertiary/aromatic N) is 3. The second kappa shape index (κ2) is 7.06. The van der Waals surface area contributed by atoms with Crippen molar-refractivity contribution in [2.45, 2.75) is 43.2 Å². The highest BCUT2D eigenvalue weighted by atomic mass is 16.5. The average molecular weight is 396 g/mol. The maximum atomic E-state index is 5.91. The minimum absolute atomic E-state index is 0.222. The number of aromatic nitrogens is 2. The van der Waals surface area contributed by atoms with Gasteiger partial charge in [0.05, 0.1) is 5.92 Å². The second-order valence-corrected chi connectivity index (χ2v) is 8.76. The van der Waals surface area contributed by atoms with Crippen molar-refractivity contribution >= 4 is 10.8 Å². The van der Waals surface area contributed by atoms with Crippen LogP contribution in [-0.4, -0.2) is 34.2 Å². The Morgan fingerprint density at radius 1 is 0.900 bits per heavy atom. The molecule has 1 unspecified atom stereocenters. The summed E-state index contributed by atoms with van der Waals surface area (Å²) in [6.45, 7) is 0. The molecule has 4 heteroatoms. The number of piperidine rings is 1. The van der Waals surface area contributed by atoms with Crippen LogP contribution in [0, 0.1) is 0 Å². The third kappa shape index (κ3) is 2.86. The average Bonchev–Trinajstić information content (AvgIpc) is 3.36. The van der Waals surface area contributed by atoms with E-state index < -0.39 is 0 Å². The first-order valence-electron chi connectivity index (χ1n) is 10.9. The van der Waals surface area contributed by atoms with Gasteiger partial charge >= 0.3 is 0 Å². The van der Waals surface area contributed by atoms with E-state index in [0.717, 1.165) is 17.9 Å². The molecule has 4 nitrogen and oxygen atoms in total. The molecule has 0 saturated carbocycles. The fourth-order valence-electron chi connectivity index (χ4n) is 5.66. The van der Waals surface area contributed by atoms with Gasteiger partial charge in [-0.05, 0) is 48.6 Å². The van der Waals surface area contributed by atoms with Crippen LogP contribution in [0.25, 0.3) is 22.2 Å². The van der Waals surface area contributed by atoms with Gasteiger partial charge in [-0.3, -0.25) is 4.90 Å². The summed E-state index contributed by atoms with van der Waals surface area (Å²) in [5.74, 6) is 2.09. The molecule has 2 aliphatic heterocycles. The number of benzene rings is 3. The van der Waals surface area contributed by atoms with Crippen molar-refractivity contribution in [2.24, 2.45) is 0 Å². The zero-order valence-corrected chi connectivity index (χ0v) is 17.1. The monoisotopic (exact) mass is 395 g/mol. The lowest BCUT2D eigenvalue weighted by Crippen LogP contribution is -2.44. The minimum Gasteiger partial charge on any atom is -0.339 e. The SMILES string of the molecule is CN1C2CC[C@H]1[C@H](c1nc(-c3ccccc3)no1)[C@@H](c1ccc3ccccc3c1)C2. The van der Waals surface area contributed by atoms with Crippen molar-refractivity contribution in [3.8, 4) is 11.4 Å². The molecular weight excluding hydrogens is 370 g/mol. The summed E-state index contributed by atoms with van der Waals surface area (Å²) in [7, 11) is 2.26. The largest absolute Gasteiger partial charge is 0.339 e. The van der Waals surface area contributed by atoms with Gasteiger partial charge in [0.2, 0.25) is 11.7 Å². The lowest BCUT2D eigenvalue weighted by Gasteiger charge is -2.41. The molecule has 4 atom stereocenters. The maximum Gasteiger partial charge on any atom is 0.232 e. The Hall–Kier alpha value is -2.98. The Balaban J connectivity index is 1.43. The Bertz CT molecular complexity index is 1190. The topological polar surface area (TPSA) is 42.2 Å². The molecule has 2 bridgehead atoms. The number of rotatable bonds is 3. The van der Waals surface area contributed by atoms with Gasteiger partial charge in [-0.15, -0.1) is 0 Å². The molecule has 3 heterocycles. The van der Waals surface area contributed by atoms with E-state index in [1.165, 1.54) is 29.2 Å². The quantitative estimate of drug-likeness (QED) is 0.451. The summed E-state index contributed by atoms with van der Waals surface area (Å²) < 4.78 is 5.91. The number of fused-ring (bicyclic) bond motifs is 3. The van der Waals surface area contributed by atoms with E-state index in [9.17, 15) is 0 Å². The Labute approximate surface area is 176 Å². The fraction of sp³-hybridized carbons (Fsp3) is 0.308. The third-order valence-electron chi connectivity index (χ3n) is 7.23. The Morgan fingerprint density at radius 3 is 2.57 bits per heavy atom. The van der Waals surface area contributed by atoms with Crippen LogP contribution < -0.4 is 0 Å². The minimum atomic E-state index is 0.222. The van der Waals surface area contributed by atoms with Crippen LogP contribution in [0.4, 0.5) is 0 Å². The van der Waals surface area contributed by atoms with Crippen molar-refractivity contribution < 1.29 is 4.52 Å². The van der Waals surface area contributed by atoms with Crippen LogP contribution in [0.3, 0.4) is 0 Å². The zero-order chi connectivity index (χ0) is 20.1. The van der Waals surface area contributed by atoms with Gasteiger partial charge in [0.25, 0.3) is 0 Å². The molecule has 2 fully saturated rings. The van der Waals surface area contributed by atoms with Crippen molar-refractivity contribution in [2.75, 3.05) is 7.05 Å². The fourth-order valence-corrected chi connectivity index (χ4v) is 5.66. The molecule has 2 saturated heterocycles. The molecule has 0 amide bonds. The van der Waals surface area contributed by atoms with Crippen LogP contribution in [0.15, 0.2) is 77.3 Å². The molecular formula is C26H25N3O. The second-order valence-electron chi connectivity index (χ2n) is 8.76. The Morgan fingerprint density at radius 2 is 1.70 bits per heavy atom. The lowest BCUT2D eigenvalue weighted by atomic mass is 9.75. The first kappa shape index (κ1) is 17.8. The number of likely N-dealkylation sites (N-methyl/N-ethyl adjacent to an activating group) is 1. The molecule has 0 N–H and O–H groups in total. The van der Waals surface area contributed by atoms with Crippen LogP contribution >= 0.6 is 0 Å². The molecule has 4 aromatic rings. The molecule has 3 aromatic carbocycles. The van der Waals surface area contributed by atoms with E-state index in [2.05, 4.69) is 59.6 Å². The summed E-state index contributed by atoms with van der Waals surface area (Å²) >= 11 is 0. The first-order valence-corrected chi connectivity index (χ1v) is 10.9. The van der Waals surface area contributed by atoms with Crippen LogP contribution in [0.1, 0.15) is 42.6 Å². The van der Waals surface area contributed by atoms with Gasteiger partial charge in [-0.2, -0.15) is 4.98 Å². The summed E-state index contributed by atoms with van der Waals surface area (Å²) in [6.07, 6.45) is 3.58. The molecule has 0 spiro atoms. The standard InChI is InChI=1S/C26H25N3O/c1-29-21-13-14-23(29)24(26-27-25(28-30-26)18-8-3-2-4-9-18)22(16-21)20-12-11-17-7-5-6-10-19(17)15-20/h2-12,15,21-24H,13-14,16H2,1H3/t21?,22-,23+,24-/m1/s1. The third-order valence-corrected chi connectivity index (χ3v) is 7.23. The summed E-state index contributed by atoms with van der Waals surface area (Å²) in [5, 5.41) is 6.93. The van der Waals surface area contributed by atoms with Crippen LogP contribution in [-0.2, 0) is 0 Å². The highest BCUT2D eigenvalue weighted by Gasteiger charge is 2.48. The predicted molar refractivity (Wildman–Crippen MR) is 118 cm³/mol. The predicted octanol–water partition coefficient (Wildman–Crippen LogP) is 5.62. The number of hydrogen-bond donors (Lipinski definition) is 0. The lowest BCUT2D eigenvalue weighted by molar-refractivity contribution is 0.120. The van der Waals surface area contributed by atoms with Crippen LogP contribution in [0.5, 0.6) is 0 Å². The van der Waals surface area contributed by atoms with Gasteiger partial charge < -0.3 is 4.52 Å². The number of hydrogen-bond acceptors (Lipinski definition) is 4. The molecule has 6 rings (SSSR count). The van der Waals surface area contributed by atoms with E-state index in [0.29, 0.717) is 23.8 Å². The highest BCUT2D eigenvalue weighted by Crippen LogP contribution is 2.50. The highest BCUT2D eigenvalue weighted by molar-refractivity contribution is 5.83. The summed E-state index contributed by atoms with van der Waals surface area (Å²) in [4.78, 5) is 7.44. The molecule has 30 heavy (non-hydrogen) atoms. The molecule has 0 radical (unpaired) electrons. The van der Waals surface area contributed by atoms with Crippen molar-refractivity contribution in [3.05, 3.63) is 84.3 Å². The normalized spacial score (nSPS) is 26.3. The summed E-state index contributed by atoms with van der Waals surface area (Å²) in [5.41, 5.74) is 2.39. The van der Waals surface area contributed by atoms with Gasteiger partial charge in [0, 0.05) is 17.6 Å². The van der Waals surface area contributed by atoms with E-state index in [1.807, 2.05) is 30.3 Å². The first-order chi connectivity index (χ1) is 14.8. The molecule has 2 aliphatic rings. The summed E-state index contributed by atoms with van der Waals surface area (Å²) in [6, 6.07) is 26.7. The van der Waals surface area contributed by atoms with Gasteiger partial charge in [-0.25, -0.2) is 0 Å². The maximum absolute atomic E-state index is 5.91. The van der Waals surface area contributed by atoms with Crippen molar-refractivity contribution in [1.29, 1.82) is 0 Å². The molecule has 0 aliphatic carbocycles. The Kier molecular flexibility index (Phi) is 4.20. The zero-order valence-electron chi connectivity index (χ0n) is 17.1. The van der Waals surface area contributed by atoms with E-state index in [1.54, 1.807) is 0 Å². The van der Waals surface area contributed by atoms with Crippen molar-refractivity contribution in [1.82, 2.24) is 15.0 Å². The van der Waals surface area contributed by atoms with E-state index in [-0.39, 0.29) is 5.92 Å².